The molecule has 1 fully saturated rings. The van der Waals surface area contributed by atoms with Gasteiger partial charge < -0.3 is 38.9 Å². The van der Waals surface area contributed by atoms with Crippen LogP contribution in [0.3, 0.4) is 0 Å². The molecule has 3 unspecified atom stereocenters. The minimum atomic E-state index is -5.44. The maximum Gasteiger partial charge on any atom is 0.573 e. The molecule has 1 aliphatic rings. The first-order valence-electron chi connectivity index (χ1n) is 10.7. The third kappa shape index (κ3) is 6.87. The van der Waals surface area contributed by atoms with Gasteiger partial charge in [0.25, 0.3) is 5.56 Å². The van der Waals surface area contributed by atoms with Crippen LogP contribution in [0.5, 0.6) is 5.75 Å². The van der Waals surface area contributed by atoms with Gasteiger partial charge in [0, 0.05) is 23.7 Å². The second-order valence-corrected chi connectivity index (χ2v) is 11.0. The molecule has 0 saturated carbocycles. The van der Waals surface area contributed by atoms with E-state index in [0.717, 1.165) is 30.5 Å². The van der Waals surface area contributed by atoms with Gasteiger partial charge in [-0.25, -0.2) is 13.9 Å². The zero-order valence-electron chi connectivity index (χ0n) is 19.4. The van der Waals surface area contributed by atoms with Crippen LogP contribution in [-0.4, -0.2) is 70.5 Å². The zero-order valence-corrected chi connectivity index (χ0v) is 21.2. The molecule has 0 spiro atoms. The number of aromatic nitrogens is 3. The van der Waals surface area contributed by atoms with E-state index in [-0.39, 0.29) is 16.7 Å². The second-order valence-electron chi connectivity index (χ2n) is 8.15. The molecule has 3 heterocycles. The van der Waals surface area contributed by atoms with Crippen LogP contribution >= 0.6 is 15.6 Å². The molecule has 2 aromatic heterocycles. The van der Waals surface area contributed by atoms with Gasteiger partial charge in [0.1, 0.15) is 29.8 Å². The number of aliphatic hydroxyl groups is 2. The van der Waals surface area contributed by atoms with Crippen molar-refractivity contribution in [2.75, 3.05) is 6.61 Å². The molecule has 5 N–H and O–H groups in total. The van der Waals surface area contributed by atoms with Crippen LogP contribution in [0.15, 0.2) is 44.6 Å². The third-order valence-corrected chi connectivity index (χ3v) is 7.53. The highest BCUT2D eigenvalue weighted by molar-refractivity contribution is 7.60. The first kappa shape index (κ1) is 30.1. The fraction of sp³-hybridized carbons (Fsp3) is 0.389. The van der Waals surface area contributed by atoms with Gasteiger partial charge in [0.2, 0.25) is 0 Å². The Balaban J connectivity index is 1.55. The molecule has 3 aromatic rings. The van der Waals surface area contributed by atoms with E-state index in [1.165, 1.54) is 0 Å². The van der Waals surface area contributed by atoms with Crippen LogP contribution in [0.4, 0.5) is 13.2 Å². The lowest BCUT2D eigenvalue weighted by Crippen LogP contribution is -2.43. The number of ether oxygens (including phenoxy) is 2. The lowest BCUT2D eigenvalue weighted by molar-refractivity contribution is -0.274. The fourth-order valence-corrected chi connectivity index (χ4v) is 5.32. The van der Waals surface area contributed by atoms with Gasteiger partial charge in [-0.1, -0.05) is 5.16 Å². The first-order valence-corrected chi connectivity index (χ1v) is 13.7. The molecule has 0 radical (unpaired) electrons. The molecular formula is C18H18F3N3O14P2. The van der Waals surface area contributed by atoms with E-state index in [9.17, 15) is 47.0 Å². The molecule has 22 heteroatoms. The molecule has 1 saturated heterocycles. The number of hydrogen-bond donors (Lipinski definition) is 5. The van der Waals surface area contributed by atoms with Crippen molar-refractivity contribution < 1.29 is 70.0 Å². The zero-order chi connectivity index (χ0) is 29.6. The highest BCUT2D eigenvalue weighted by atomic mass is 31.3. The number of fused-ring (bicyclic) bond motifs is 1. The summed E-state index contributed by atoms with van der Waals surface area (Å²) in [5, 5.41) is 24.5. The summed E-state index contributed by atoms with van der Waals surface area (Å²) in [4.78, 5) is 52.2. The number of phosphoric ester groups is 1. The topological polar surface area (TPSA) is 242 Å². The Labute approximate surface area is 218 Å². The largest absolute Gasteiger partial charge is 0.573 e. The van der Waals surface area contributed by atoms with Gasteiger partial charge in [0.05, 0.1) is 13.2 Å². The van der Waals surface area contributed by atoms with Crippen molar-refractivity contribution in [2.24, 2.45) is 0 Å². The number of halogens is 3. The summed E-state index contributed by atoms with van der Waals surface area (Å²) in [7, 11) is -10.8. The van der Waals surface area contributed by atoms with Crippen molar-refractivity contribution in [1.82, 2.24) is 14.3 Å². The van der Waals surface area contributed by atoms with Gasteiger partial charge in [-0.2, -0.15) is 4.31 Å². The molecule has 40 heavy (non-hydrogen) atoms. The fourth-order valence-electron chi connectivity index (χ4n) is 3.72. The Morgan fingerprint density at radius 3 is 2.42 bits per heavy atom. The van der Waals surface area contributed by atoms with Crippen LogP contribution in [0.1, 0.15) is 11.9 Å². The Morgan fingerprint density at radius 1 is 1.07 bits per heavy atom. The van der Waals surface area contributed by atoms with Gasteiger partial charge >= 0.3 is 27.7 Å². The quantitative estimate of drug-likeness (QED) is 0.197. The lowest BCUT2D eigenvalue weighted by atomic mass is 10.1. The highest BCUT2D eigenvalue weighted by Gasteiger charge is 2.46. The van der Waals surface area contributed by atoms with Gasteiger partial charge in [0.15, 0.2) is 11.8 Å². The summed E-state index contributed by atoms with van der Waals surface area (Å²) in [6, 6.07) is 3.91. The highest BCUT2D eigenvalue weighted by Crippen LogP contribution is 2.57. The van der Waals surface area contributed by atoms with Crippen LogP contribution in [0.2, 0.25) is 0 Å². The molecule has 1 aromatic carbocycles. The molecule has 0 bridgehead atoms. The SMILES string of the molecule is O=c1ccn([C@@H]2O[C@H](COP(=O)(O)OP(=O)(O)O)C(O)C2O)c(=O)n1Cc1noc2cc(OC(F)(F)F)ccc12. The normalized spacial score (nSPS) is 23.4. The molecule has 0 amide bonds. The molecule has 5 atom stereocenters. The summed E-state index contributed by atoms with van der Waals surface area (Å²) >= 11 is 0. The first-order chi connectivity index (χ1) is 18.4. The number of hydrogen-bond acceptors (Lipinski definition) is 12. The smallest absolute Gasteiger partial charge is 0.406 e. The molecule has 1 aliphatic heterocycles. The number of nitrogens with zero attached hydrogens (tertiary/aromatic N) is 3. The van der Waals surface area contributed by atoms with E-state index in [0.29, 0.717) is 9.13 Å². The van der Waals surface area contributed by atoms with E-state index in [2.05, 4.69) is 18.7 Å². The number of benzene rings is 1. The minimum absolute atomic E-state index is 0.0338. The van der Waals surface area contributed by atoms with Crippen molar-refractivity contribution in [3.05, 3.63) is 57.0 Å². The van der Waals surface area contributed by atoms with E-state index in [1.807, 2.05) is 0 Å². The van der Waals surface area contributed by atoms with Gasteiger partial charge in [-0.05, 0) is 12.1 Å². The van der Waals surface area contributed by atoms with Crippen LogP contribution < -0.4 is 16.0 Å². The Kier molecular flexibility index (Phi) is 8.14. The number of rotatable bonds is 9. The Bertz CT molecular complexity index is 1610. The van der Waals surface area contributed by atoms with E-state index < -0.39 is 76.7 Å². The van der Waals surface area contributed by atoms with Crippen molar-refractivity contribution in [2.45, 2.75) is 37.4 Å². The maximum absolute atomic E-state index is 13.1. The molecule has 220 valence electrons. The summed E-state index contributed by atoms with van der Waals surface area (Å²) in [5.74, 6) is -0.600. The molecular weight excluding hydrogens is 601 g/mol. The van der Waals surface area contributed by atoms with Crippen molar-refractivity contribution in [3.63, 3.8) is 0 Å². The van der Waals surface area contributed by atoms with E-state index in [4.69, 9.17) is 19.0 Å². The van der Waals surface area contributed by atoms with Crippen LogP contribution in [0.25, 0.3) is 11.0 Å². The average Bonchev–Trinajstić information content (AvgIpc) is 3.33. The second kappa shape index (κ2) is 10.8. The number of alkyl halides is 3. The Morgan fingerprint density at radius 2 is 1.77 bits per heavy atom. The van der Waals surface area contributed by atoms with Crippen LogP contribution in [0, 0.1) is 0 Å². The predicted molar refractivity (Wildman–Crippen MR) is 120 cm³/mol. The molecule has 4 rings (SSSR count). The minimum Gasteiger partial charge on any atom is -0.406 e. The number of phosphoric acid groups is 2. The Hall–Kier alpha value is -2.90. The van der Waals surface area contributed by atoms with Crippen molar-refractivity contribution in [1.29, 1.82) is 0 Å². The van der Waals surface area contributed by atoms with Crippen molar-refractivity contribution >= 4 is 26.6 Å². The standard InChI is InChI=1S/C18H18F3N3O14P2/c19-18(20,21)36-8-1-2-9-10(22-37-11(9)5-8)6-24-13(25)3-4-23(17(24)28)16-15(27)14(26)12(35-16)7-34-40(32,33)38-39(29,30)31/h1-5,12,14-16,26-27H,6-7H2,(H,32,33)(H2,29,30,31)/t12-,14?,15?,16-/m1/s1. The van der Waals surface area contributed by atoms with Crippen LogP contribution in [-0.2, 0) is 29.2 Å². The lowest BCUT2D eigenvalue weighted by Gasteiger charge is -2.19. The monoisotopic (exact) mass is 619 g/mol. The summed E-state index contributed by atoms with van der Waals surface area (Å²) in [6.45, 7) is -1.57. The molecule has 17 nitrogen and oxygen atoms in total. The third-order valence-electron chi connectivity index (χ3n) is 5.38. The van der Waals surface area contributed by atoms with Crippen molar-refractivity contribution in [3.8, 4) is 5.75 Å². The van der Waals surface area contributed by atoms with Gasteiger partial charge in [-0.15, -0.1) is 13.2 Å². The summed E-state index contributed by atoms with van der Waals surface area (Å²) in [6.07, 6.45) is -11.0. The predicted octanol–water partition coefficient (Wildman–Crippen LogP) is -0.0564. The van der Waals surface area contributed by atoms with Gasteiger partial charge in [-0.3, -0.25) is 18.5 Å². The van der Waals surface area contributed by atoms with E-state index in [1.54, 1.807) is 0 Å². The average molecular weight is 619 g/mol. The summed E-state index contributed by atoms with van der Waals surface area (Å²) in [5.41, 5.74) is -2.15. The van der Waals surface area contributed by atoms with E-state index >= 15 is 0 Å². The number of aliphatic hydroxyl groups excluding tert-OH is 2. The maximum atomic E-state index is 13.1. The summed E-state index contributed by atoms with van der Waals surface area (Å²) < 4.78 is 83.2. The molecule has 0 aliphatic carbocycles.